The fourth-order valence-corrected chi connectivity index (χ4v) is 5.70. The molecule has 0 saturated carbocycles. The van der Waals surface area contributed by atoms with Gasteiger partial charge in [-0.25, -0.2) is 0 Å². The largest absolute Gasteiger partial charge is 0.481 e. The van der Waals surface area contributed by atoms with Gasteiger partial charge < -0.3 is 24.8 Å². The van der Waals surface area contributed by atoms with Gasteiger partial charge in [0.1, 0.15) is 18.1 Å². The van der Waals surface area contributed by atoms with Gasteiger partial charge in [-0.15, -0.1) is 0 Å². The van der Waals surface area contributed by atoms with Crippen LogP contribution >= 0.6 is 0 Å². The predicted molar refractivity (Wildman–Crippen MR) is 136 cm³/mol. The molecule has 204 valence electrons. The summed E-state index contributed by atoms with van der Waals surface area (Å²) in [7, 11) is 0. The standard InChI is InChI=1S/C28H39NO8/c1-3-18-14-21-26(28(36)29(27(21)35)12-6-4-5-7-24(33)34)22(16-31)25(18)23(32)11-8-17(2)13-19-9-10-20(15-30)37-19/h9-10,13,21-23,26,30-32H,3-8,11-12,14-16H2,1-2H3,(H,33,34)/b17-13+/t21-,22+,23-,26-/m1/s1. The van der Waals surface area contributed by atoms with E-state index >= 15 is 0 Å². The molecule has 1 aromatic rings. The van der Waals surface area contributed by atoms with Gasteiger partial charge in [-0.05, 0) is 69.2 Å². The SMILES string of the molecule is CCC1=C([C@H](O)CC/C(C)=C/c2ccc(CO)o2)[C@H](CO)[C@@H]2C(=O)N(CCCCCC(=O)O)C(=O)[C@@H]2C1. The number of amides is 2. The Bertz CT molecular complexity index is 1040. The van der Waals surface area contributed by atoms with E-state index < -0.39 is 29.8 Å². The minimum Gasteiger partial charge on any atom is -0.481 e. The van der Waals surface area contributed by atoms with E-state index in [-0.39, 0.29) is 38.0 Å². The predicted octanol–water partition coefficient (Wildman–Crippen LogP) is 3.28. The molecule has 0 unspecified atom stereocenters. The van der Waals surface area contributed by atoms with Gasteiger partial charge in [0.25, 0.3) is 0 Å². The first-order valence-electron chi connectivity index (χ1n) is 13.2. The molecule has 3 rings (SSSR count). The van der Waals surface area contributed by atoms with Crippen LogP contribution in [0.25, 0.3) is 6.08 Å². The van der Waals surface area contributed by atoms with Crippen LogP contribution in [0.3, 0.4) is 0 Å². The summed E-state index contributed by atoms with van der Waals surface area (Å²) < 4.78 is 5.50. The number of nitrogens with zero attached hydrogens (tertiary/aromatic N) is 1. The average Bonchev–Trinajstić information content (AvgIpc) is 3.43. The highest BCUT2D eigenvalue weighted by atomic mass is 16.4. The molecule has 0 radical (unpaired) electrons. The van der Waals surface area contributed by atoms with Gasteiger partial charge in [0.05, 0.1) is 24.5 Å². The lowest BCUT2D eigenvalue weighted by Crippen LogP contribution is -2.39. The Labute approximate surface area is 217 Å². The maximum absolute atomic E-state index is 13.3. The van der Waals surface area contributed by atoms with E-state index in [0.29, 0.717) is 62.0 Å². The van der Waals surface area contributed by atoms with Gasteiger partial charge >= 0.3 is 5.97 Å². The Kier molecular flexibility index (Phi) is 10.3. The number of aliphatic carboxylic acids is 1. The topological polar surface area (TPSA) is 149 Å². The van der Waals surface area contributed by atoms with Crippen molar-refractivity contribution in [2.75, 3.05) is 13.2 Å². The van der Waals surface area contributed by atoms with Crippen molar-refractivity contribution in [1.82, 2.24) is 4.90 Å². The first-order valence-corrected chi connectivity index (χ1v) is 13.2. The number of carboxylic acid groups (broad SMARTS) is 1. The Morgan fingerprint density at radius 3 is 2.54 bits per heavy atom. The summed E-state index contributed by atoms with van der Waals surface area (Å²) in [6.45, 7) is 3.63. The van der Waals surface area contributed by atoms with E-state index in [0.717, 1.165) is 11.1 Å². The van der Waals surface area contributed by atoms with Crippen LogP contribution in [0, 0.1) is 17.8 Å². The lowest BCUT2D eigenvalue weighted by molar-refractivity contribution is -0.141. The second-order valence-electron chi connectivity index (χ2n) is 10.1. The van der Waals surface area contributed by atoms with Gasteiger partial charge in [-0.2, -0.15) is 0 Å². The molecule has 0 aromatic carbocycles. The van der Waals surface area contributed by atoms with E-state index in [1.54, 1.807) is 12.1 Å². The van der Waals surface area contributed by atoms with Crippen molar-refractivity contribution in [3.8, 4) is 0 Å². The number of allylic oxidation sites excluding steroid dienone is 2. The van der Waals surface area contributed by atoms with Crippen LogP contribution in [0.4, 0.5) is 0 Å². The van der Waals surface area contributed by atoms with Crippen molar-refractivity contribution in [3.05, 3.63) is 40.4 Å². The zero-order chi connectivity index (χ0) is 27.1. The fraction of sp³-hybridized carbons (Fsp3) is 0.607. The number of furan rings is 1. The number of hydrogen-bond donors (Lipinski definition) is 4. The third-order valence-corrected chi connectivity index (χ3v) is 7.57. The molecule has 2 amide bonds. The molecule has 1 aliphatic carbocycles. The summed E-state index contributed by atoms with van der Waals surface area (Å²) in [5.41, 5.74) is 2.59. The molecule has 1 fully saturated rings. The Morgan fingerprint density at radius 2 is 1.92 bits per heavy atom. The number of imide groups is 1. The molecule has 2 heterocycles. The third kappa shape index (κ3) is 6.77. The second kappa shape index (κ2) is 13.2. The molecule has 0 bridgehead atoms. The molecule has 37 heavy (non-hydrogen) atoms. The highest BCUT2D eigenvalue weighted by Crippen LogP contribution is 2.47. The Hall–Kier alpha value is -2.75. The van der Waals surface area contributed by atoms with Crippen molar-refractivity contribution in [2.45, 2.75) is 77.9 Å². The van der Waals surface area contributed by atoms with Gasteiger partial charge in [0.15, 0.2) is 0 Å². The number of likely N-dealkylation sites (tertiary alicyclic amines) is 1. The van der Waals surface area contributed by atoms with E-state index in [9.17, 15) is 24.6 Å². The van der Waals surface area contributed by atoms with Crippen LogP contribution in [0.2, 0.25) is 0 Å². The summed E-state index contributed by atoms with van der Waals surface area (Å²) >= 11 is 0. The van der Waals surface area contributed by atoms with E-state index in [1.165, 1.54) is 4.90 Å². The first-order chi connectivity index (χ1) is 17.7. The molecule has 4 atom stereocenters. The maximum atomic E-state index is 13.3. The van der Waals surface area contributed by atoms with Gasteiger partial charge in [0.2, 0.25) is 11.8 Å². The number of unbranched alkanes of at least 4 members (excludes halogenated alkanes) is 2. The van der Waals surface area contributed by atoms with E-state index in [1.807, 2.05) is 19.9 Å². The number of fused-ring (bicyclic) bond motifs is 1. The third-order valence-electron chi connectivity index (χ3n) is 7.57. The van der Waals surface area contributed by atoms with Gasteiger partial charge in [0, 0.05) is 18.9 Å². The van der Waals surface area contributed by atoms with E-state index in [4.69, 9.17) is 14.6 Å². The number of carbonyl (C=O) groups excluding carboxylic acids is 2. The highest BCUT2D eigenvalue weighted by molar-refractivity contribution is 6.05. The van der Waals surface area contributed by atoms with Gasteiger partial charge in [-0.3, -0.25) is 19.3 Å². The number of aliphatic hydroxyl groups is 3. The van der Waals surface area contributed by atoms with Crippen molar-refractivity contribution < 1.29 is 39.2 Å². The molecular weight excluding hydrogens is 478 g/mol. The first kappa shape index (κ1) is 28.8. The van der Waals surface area contributed by atoms with Crippen LogP contribution in [-0.4, -0.2) is 62.4 Å². The average molecular weight is 518 g/mol. The number of rotatable bonds is 14. The van der Waals surface area contributed by atoms with Crippen LogP contribution in [0.5, 0.6) is 0 Å². The van der Waals surface area contributed by atoms with E-state index in [2.05, 4.69) is 0 Å². The number of carboxylic acids is 1. The molecule has 1 saturated heterocycles. The second-order valence-corrected chi connectivity index (χ2v) is 10.1. The summed E-state index contributed by atoms with van der Waals surface area (Å²) in [4.78, 5) is 38.4. The van der Waals surface area contributed by atoms with Gasteiger partial charge in [-0.1, -0.05) is 24.5 Å². The van der Waals surface area contributed by atoms with Crippen molar-refractivity contribution in [1.29, 1.82) is 0 Å². The molecule has 1 aliphatic heterocycles. The van der Waals surface area contributed by atoms with Crippen LogP contribution < -0.4 is 0 Å². The molecule has 9 heteroatoms. The lowest BCUT2D eigenvalue weighted by Gasteiger charge is -2.36. The monoisotopic (exact) mass is 517 g/mol. The molecular formula is C28H39NO8. The number of carbonyl (C=O) groups is 3. The fourth-order valence-electron chi connectivity index (χ4n) is 5.70. The van der Waals surface area contributed by atoms with Crippen molar-refractivity contribution in [3.63, 3.8) is 0 Å². The van der Waals surface area contributed by atoms with Crippen LogP contribution in [0.15, 0.2) is 33.3 Å². The van der Waals surface area contributed by atoms with Crippen molar-refractivity contribution >= 4 is 23.9 Å². The summed E-state index contributed by atoms with van der Waals surface area (Å²) in [5, 5.41) is 39.5. The summed E-state index contributed by atoms with van der Waals surface area (Å²) in [6.07, 6.45) is 4.69. The smallest absolute Gasteiger partial charge is 0.303 e. The highest BCUT2D eigenvalue weighted by Gasteiger charge is 2.54. The summed E-state index contributed by atoms with van der Waals surface area (Å²) in [5.74, 6) is -2.13. The normalized spacial score (nSPS) is 23.1. The maximum Gasteiger partial charge on any atom is 0.303 e. The quantitative estimate of drug-likeness (QED) is 0.167. The Balaban J connectivity index is 1.69. The minimum absolute atomic E-state index is 0.0601. The van der Waals surface area contributed by atoms with Crippen LogP contribution in [0.1, 0.15) is 76.7 Å². The van der Waals surface area contributed by atoms with Crippen molar-refractivity contribution in [2.24, 2.45) is 17.8 Å². The Morgan fingerprint density at radius 1 is 1.16 bits per heavy atom. The molecule has 2 aliphatic rings. The molecule has 0 spiro atoms. The zero-order valence-corrected chi connectivity index (χ0v) is 21.7. The number of aliphatic hydroxyl groups excluding tert-OH is 3. The minimum atomic E-state index is -0.864. The number of hydrogen-bond acceptors (Lipinski definition) is 7. The van der Waals surface area contributed by atoms with Crippen LogP contribution in [-0.2, 0) is 21.0 Å². The summed E-state index contributed by atoms with van der Waals surface area (Å²) in [6, 6.07) is 3.47. The molecule has 9 nitrogen and oxygen atoms in total. The lowest BCUT2D eigenvalue weighted by atomic mass is 9.67. The molecule has 4 N–H and O–H groups in total. The zero-order valence-electron chi connectivity index (χ0n) is 21.7. The molecule has 1 aromatic heterocycles.